The Hall–Kier alpha value is -3.26. The van der Waals surface area contributed by atoms with Crippen LogP contribution in [0.25, 0.3) is 11.1 Å². The van der Waals surface area contributed by atoms with Crippen LogP contribution in [0.5, 0.6) is 11.6 Å². The molecule has 2 aromatic heterocycles. The molecule has 3 heterocycles. The maximum atomic E-state index is 13.3. The predicted molar refractivity (Wildman–Crippen MR) is 114 cm³/mol. The summed E-state index contributed by atoms with van der Waals surface area (Å²) in [6.07, 6.45) is 2.35. The summed E-state index contributed by atoms with van der Waals surface area (Å²) in [4.78, 5) is 16.4. The molecule has 3 aromatic rings. The van der Waals surface area contributed by atoms with Crippen LogP contribution in [0.3, 0.4) is 0 Å². The fourth-order valence-corrected chi connectivity index (χ4v) is 5.23. The predicted octanol–water partition coefficient (Wildman–Crippen LogP) is 3.59. The fraction of sp³-hybridized carbons (Fsp3) is 0.211. The van der Waals surface area contributed by atoms with Crippen molar-refractivity contribution in [3.8, 4) is 22.8 Å². The van der Waals surface area contributed by atoms with Crippen molar-refractivity contribution in [3.63, 3.8) is 0 Å². The maximum absolute atomic E-state index is 13.3. The molecular weight excluding hydrogens is 530 g/mol. The van der Waals surface area contributed by atoms with Gasteiger partial charge in [-0.25, -0.2) is 22.9 Å². The Kier molecular flexibility index (Phi) is 5.97. The van der Waals surface area contributed by atoms with Gasteiger partial charge < -0.3 is 14.2 Å². The molecule has 0 spiro atoms. The number of carbonyl (C=O) groups is 1. The number of nitrogens with one attached hydrogen (secondary N) is 1. The van der Waals surface area contributed by atoms with E-state index in [0.717, 1.165) is 12.3 Å². The first-order valence-electron chi connectivity index (χ1n) is 9.12. The summed E-state index contributed by atoms with van der Waals surface area (Å²) >= 11 is 3.19. The molecule has 0 amide bonds. The average molecular weight is 545 g/mol. The molecule has 14 heteroatoms. The lowest BCUT2D eigenvalue weighted by Gasteiger charge is -2.15. The molecule has 33 heavy (non-hydrogen) atoms. The van der Waals surface area contributed by atoms with Crippen molar-refractivity contribution in [2.75, 3.05) is 18.9 Å². The third kappa shape index (κ3) is 4.23. The number of cyclic esters (lactones) is 1. The first kappa shape index (κ1) is 22.9. The van der Waals surface area contributed by atoms with Crippen LogP contribution in [-0.2, 0) is 21.4 Å². The van der Waals surface area contributed by atoms with E-state index >= 15 is 0 Å². The second-order valence-electron chi connectivity index (χ2n) is 6.70. The molecule has 0 radical (unpaired) electrons. The number of hydrogen-bond acceptors (Lipinski definition) is 8. The molecule has 4 bridgehead atoms. The van der Waals surface area contributed by atoms with Gasteiger partial charge in [-0.3, -0.25) is 4.72 Å². The quantitative estimate of drug-likeness (QED) is 0.496. The number of carbonyl (C=O) groups excluding carboxylic acids is 1. The molecule has 1 aromatic carbocycles. The van der Waals surface area contributed by atoms with Gasteiger partial charge in [0.05, 0.1) is 24.3 Å². The lowest BCUT2D eigenvalue weighted by atomic mass is 10.1. The molecule has 0 unspecified atom stereocenters. The molecule has 0 atom stereocenters. The first-order valence-corrected chi connectivity index (χ1v) is 11.4. The minimum atomic E-state index is -4.34. The van der Waals surface area contributed by atoms with Gasteiger partial charge in [0.25, 0.3) is 10.0 Å². The normalized spacial score (nSPS) is 14.8. The van der Waals surface area contributed by atoms with E-state index in [1.165, 1.54) is 32.5 Å². The second-order valence-corrected chi connectivity index (χ2v) is 9.20. The van der Waals surface area contributed by atoms with Crippen molar-refractivity contribution >= 4 is 37.6 Å². The van der Waals surface area contributed by atoms with E-state index in [-0.39, 0.29) is 49.1 Å². The molecular formula is C19H15BrF2N4O6S. The number of hydrogen-bond donors (Lipinski definition) is 1. The van der Waals surface area contributed by atoms with E-state index in [0.29, 0.717) is 4.68 Å². The average Bonchev–Trinajstić information content (AvgIpc) is 3.20. The highest BCUT2D eigenvalue weighted by Crippen LogP contribution is 2.38. The number of aromatic nitrogens is 3. The van der Waals surface area contributed by atoms with E-state index in [1.54, 1.807) is 0 Å². The van der Waals surface area contributed by atoms with E-state index in [2.05, 4.69) is 30.7 Å². The van der Waals surface area contributed by atoms with Gasteiger partial charge in [-0.2, -0.15) is 13.9 Å². The van der Waals surface area contributed by atoms with Gasteiger partial charge in [0.2, 0.25) is 5.88 Å². The number of alkyl halides is 2. The number of ether oxygens (including phenoxy) is 3. The Labute approximate surface area is 194 Å². The fourth-order valence-electron chi connectivity index (χ4n) is 3.21. The summed E-state index contributed by atoms with van der Waals surface area (Å²) in [5, 5.41) is 3.80. The Morgan fingerprint density at radius 2 is 1.97 bits per heavy atom. The number of methoxy groups -OCH3 is 2. The highest BCUT2D eigenvalue weighted by Gasteiger charge is 2.28. The summed E-state index contributed by atoms with van der Waals surface area (Å²) in [6, 6.07) is 3.75. The highest BCUT2D eigenvalue weighted by atomic mass is 79.9. The topological polar surface area (TPSA) is 122 Å². The highest BCUT2D eigenvalue weighted by molar-refractivity contribution is 9.10. The van der Waals surface area contributed by atoms with Crippen LogP contribution >= 0.6 is 15.9 Å². The summed E-state index contributed by atoms with van der Waals surface area (Å²) in [5.41, 5.74) is 0.250. The van der Waals surface area contributed by atoms with Crippen LogP contribution in [0.1, 0.15) is 22.6 Å². The number of pyridine rings is 1. The number of rotatable bonds is 3. The maximum Gasteiger partial charge on any atom is 0.338 e. The second kappa shape index (κ2) is 8.59. The Balaban J connectivity index is 1.98. The largest absolute Gasteiger partial charge is 0.494 e. The van der Waals surface area contributed by atoms with Gasteiger partial charge in [-0.05, 0) is 34.1 Å². The molecule has 0 saturated carbocycles. The van der Waals surface area contributed by atoms with E-state index < -0.39 is 29.1 Å². The molecule has 0 aliphatic carbocycles. The molecule has 4 rings (SSSR count). The molecule has 1 aliphatic heterocycles. The van der Waals surface area contributed by atoms with Gasteiger partial charge in [-0.15, -0.1) is 0 Å². The molecule has 0 saturated heterocycles. The summed E-state index contributed by atoms with van der Waals surface area (Å²) < 4.78 is 71.6. The van der Waals surface area contributed by atoms with Crippen molar-refractivity contribution in [1.82, 2.24) is 14.8 Å². The van der Waals surface area contributed by atoms with Crippen LogP contribution in [0.4, 0.5) is 14.5 Å². The van der Waals surface area contributed by atoms with Gasteiger partial charge in [0.15, 0.2) is 5.75 Å². The summed E-state index contributed by atoms with van der Waals surface area (Å²) in [7, 11) is -1.78. The Morgan fingerprint density at radius 1 is 1.21 bits per heavy atom. The Morgan fingerprint density at radius 3 is 2.64 bits per heavy atom. The number of esters is 1. The Bertz CT molecular complexity index is 1360. The van der Waals surface area contributed by atoms with Crippen LogP contribution in [0, 0.1) is 0 Å². The van der Waals surface area contributed by atoms with E-state index in [1.807, 2.05) is 0 Å². The standard InChI is InChI=1S/C19H15BrF2N4O6S/c1-30-16-12(20)3-9-5-15(16)33(28,29)25-13-4-10(6-23-17(13)31-2)11-7-26(19(21)22)24-14(11)8-32-18(9)27/h3-7,19,25H,8H2,1-2H3. The molecule has 1 N–H and O–H groups in total. The lowest BCUT2D eigenvalue weighted by molar-refractivity contribution is 0.0446. The van der Waals surface area contributed by atoms with Crippen molar-refractivity contribution < 1.29 is 36.2 Å². The zero-order valence-corrected chi connectivity index (χ0v) is 19.4. The summed E-state index contributed by atoms with van der Waals surface area (Å²) in [5.74, 6) is -1.01. The third-order valence-electron chi connectivity index (χ3n) is 4.69. The summed E-state index contributed by atoms with van der Waals surface area (Å²) in [6.45, 7) is -3.40. The number of sulfonamides is 1. The van der Waals surface area contributed by atoms with Gasteiger partial charge in [0.1, 0.15) is 22.9 Å². The van der Waals surface area contributed by atoms with E-state index in [9.17, 15) is 22.0 Å². The van der Waals surface area contributed by atoms with Crippen molar-refractivity contribution in [1.29, 1.82) is 0 Å². The SMILES string of the molecule is COc1ncc2cc1NS(=O)(=O)c1cc(cc(Br)c1OC)C(=O)OCc1nn(C(F)F)cc1-2. The van der Waals surface area contributed by atoms with Crippen LogP contribution < -0.4 is 14.2 Å². The minimum absolute atomic E-state index is 0.0245. The van der Waals surface area contributed by atoms with E-state index in [4.69, 9.17) is 14.2 Å². The number of fused-ring (bicyclic) bond motifs is 6. The van der Waals surface area contributed by atoms with Gasteiger partial charge in [0, 0.05) is 23.5 Å². The van der Waals surface area contributed by atoms with Gasteiger partial charge >= 0.3 is 12.5 Å². The zero-order chi connectivity index (χ0) is 23.9. The zero-order valence-electron chi connectivity index (χ0n) is 17.0. The lowest BCUT2D eigenvalue weighted by Crippen LogP contribution is -2.16. The smallest absolute Gasteiger partial charge is 0.338 e. The number of benzene rings is 1. The number of nitrogens with zero attached hydrogens (tertiary/aromatic N) is 3. The number of halogens is 3. The first-order chi connectivity index (χ1) is 15.6. The van der Waals surface area contributed by atoms with Crippen molar-refractivity contribution in [2.45, 2.75) is 18.1 Å². The van der Waals surface area contributed by atoms with Crippen LogP contribution in [0.2, 0.25) is 0 Å². The molecule has 10 nitrogen and oxygen atoms in total. The van der Waals surface area contributed by atoms with Crippen LogP contribution in [-0.4, -0.2) is 43.4 Å². The molecule has 0 fully saturated rings. The molecule has 174 valence electrons. The third-order valence-corrected chi connectivity index (χ3v) is 6.65. The van der Waals surface area contributed by atoms with Crippen molar-refractivity contribution in [3.05, 3.63) is 46.3 Å². The van der Waals surface area contributed by atoms with Gasteiger partial charge in [-0.1, -0.05) is 0 Å². The number of anilines is 1. The van der Waals surface area contributed by atoms with Crippen molar-refractivity contribution in [2.24, 2.45) is 0 Å². The van der Waals surface area contributed by atoms with Crippen LogP contribution in [0.15, 0.2) is 40.0 Å². The monoisotopic (exact) mass is 544 g/mol. The molecule has 1 aliphatic rings. The minimum Gasteiger partial charge on any atom is -0.494 e.